The van der Waals surface area contributed by atoms with Gasteiger partial charge in [-0.05, 0) is 37.6 Å². The highest BCUT2D eigenvalue weighted by molar-refractivity contribution is 5.47. The summed E-state index contributed by atoms with van der Waals surface area (Å²) in [7, 11) is 0. The predicted octanol–water partition coefficient (Wildman–Crippen LogP) is 1.26. The third-order valence-corrected chi connectivity index (χ3v) is 2.55. The molecule has 0 saturated carbocycles. The predicted molar refractivity (Wildman–Crippen MR) is 65.5 cm³/mol. The van der Waals surface area contributed by atoms with Crippen molar-refractivity contribution in [2.45, 2.75) is 13.3 Å². The molecule has 0 bridgehead atoms. The van der Waals surface area contributed by atoms with Gasteiger partial charge in [0.15, 0.2) is 0 Å². The zero-order valence-corrected chi connectivity index (χ0v) is 9.35. The molecule has 0 saturated heterocycles. The Labute approximate surface area is 94.9 Å². The second-order valence-corrected chi connectivity index (χ2v) is 3.84. The molecule has 0 atom stereocenters. The zero-order chi connectivity index (χ0) is 11.5. The maximum Gasteiger partial charge on any atom is 0.130 e. The molecular weight excluding hydrogens is 200 g/mol. The fourth-order valence-electron chi connectivity index (χ4n) is 1.71. The van der Waals surface area contributed by atoms with Gasteiger partial charge in [-0.1, -0.05) is 12.1 Å². The fourth-order valence-corrected chi connectivity index (χ4v) is 1.71. The van der Waals surface area contributed by atoms with Crippen LogP contribution in [-0.2, 0) is 6.42 Å². The Hall–Kier alpha value is -1.81. The number of anilines is 1. The Morgan fingerprint density at radius 2 is 2.19 bits per heavy atom. The third-order valence-electron chi connectivity index (χ3n) is 2.55. The van der Waals surface area contributed by atoms with Crippen molar-refractivity contribution in [3.05, 3.63) is 41.6 Å². The fraction of sp³-hybridized carbons (Fsp3) is 0.250. The Morgan fingerprint density at radius 3 is 2.88 bits per heavy atom. The van der Waals surface area contributed by atoms with Gasteiger partial charge in [-0.25, -0.2) is 4.68 Å². The lowest BCUT2D eigenvalue weighted by Gasteiger charge is -2.05. The average Bonchev–Trinajstić information content (AvgIpc) is 2.61. The van der Waals surface area contributed by atoms with Crippen LogP contribution in [0, 0.1) is 6.92 Å². The number of rotatable bonds is 3. The van der Waals surface area contributed by atoms with Gasteiger partial charge in [-0.15, -0.1) is 0 Å². The summed E-state index contributed by atoms with van der Waals surface area (Å²) in [5.41, 5.74) is 14.7. The summed E-state index contributed by atoms with van der Waals surface area (Å²) in [5, 5.41) is 4.28. The van der Waals surface area contributed by atoms with Crippen molar-refractivity contribution in [3.8, 4) is 5.69 Å². The minimum absolute atomic E-state index is 0.587. The van der Waals surface area contributed by atoms with Gasteiger partial charge in [0, 0.05) is 5.56 Å². The van der Waals surface area contributed by atoms with Crippen LogP contribution in [0.5, 0.6) is 0 Å². The summed E-state index contributed by atoms with van der Waals surface area (Å²) < 4.78 is 1.75. The summed E-state index contributed by atoms with van der Waals surface area (Å²) in [6.07, 6.45) is 2.54. The molecule has 4 N–H and O–H groups in total. The van der Waals surface area contributed by atoms with E-state index in [0.717, 1.165) is 17.7 Å². The molecule has 0 fully saturated rings. The van der Waals surface area contributed by atoms with Crippen LogP contribution in [0.1, 0.15) is 11.1 Å². The lowest BCUT2D eigenvalue weighted by molar-refractivity contribution is 0.889. The van der Waals surface area contributed by atoms with Crippen molar-refractivity contribution < 1.29 is 0 Å². The molecular formula is C12H16N4. The van der Waals surface area contributed by atoms with E-state index in [1.807, 2.05) is 25.1 Å². The molecule has 0 spiro atoms. The number of aryl methyl sites for hydroxylation is 1. The van der Waals surface area contributed by atoms with E-state index in [2.05, 4.69) is 11.2 Å². The molecule has 0 aliphatic carbocycles. The Morgan fingerprint density at radius 1 is 1.38 bits per heavy atom. The van der Waals surface area contributed by atoms with Gasteiger partial charge in [0.05, 0.1) is 11.9 Å². The minimum atomic E-state index is 0.587. The van der Waals surface area contributed by atoms with Crippen LogP contribution in [0.4, 0.5) is 5.82 Å². The van der Waals surface area contributed by atoms with Gasteiger partial charge in [0.2, 0.25) is 0 Å². The molecule has 2 aromatic rings. The summed E-state index contributed by atoms with van der Waals surface area (Å²) in [5.74, 6) is 0.677. The van der Waals surface area contributed by atoms with Crippen molar-refractivity contribution in [2.24, 2.45) is 5.73 Å². The molecule has 4 nitrogen and oxygen atoms in total. The molecule has 0 aliphatic rings. The molecule has 84 valence electrons. The van der Waals surface area contributed by atoms with Crippen LogP contribution in [0.15, 0.2) is 30.5 Å². The number of nitrogens with two attached hydrogens (primary N) is 2. The molecule has 1 heterocycles. The van der Waals surface area contributed by atoms with Crippen LogP contribution < -0.4 is 11.5 Å². The van der Waals surface area contributed by atoms with Crippen LogP contribution in [0.3, 0.4) is 0 Å². The molecule has 16 heavy (non-hydrogen) atoms. The SMILES string of the molecule is Cc1cccc(-n2ncc(CCN)c2N)c1. The van der Waals surface area contributed by atoms with E-state index in [-0.39, 0.29) is 0 Å². The number of nitrogens with zero attached hydrogens (tertiary/aromatic N) is 2. The summed E-state index contributed by atoms with van der Waals surface area (Å²) >= 11 is 0. The number of nitrogen functional groups attached to an aromatic ring is 1. The van der Waals surface area contributed by atoms with E-state index in [1.54, 1.807) is 10.9 Å². The maximum atomic E-state index is 6.02. The second kappa shape index (κ2) is 4.37. The van der Waals surface area contributed by atoms with E-state index in [0.29, 0.717) is 12.4 Å². The molecule has 0 amide bonds. The Bertz CT molecular complexity index is 488. The Balaban J connectivity index is 2.41. The lowest BCUT2D eigenvalue weighted by Crippen LogP contribution is -2.06. The third kappa shape index (κ3) is 1.92. The quantitative estimate of drug-likeness (QED) is 0.811. The number of hydrogen-bond acceptors (Lipinski definition) is 3. The Kier molecular flexibility index (Phi) is 2.92. The van der Waals surface area contributed by atoms with Crippen LogP contribution in [-0.4, -0.2) is 16.3 Å². The first-order chi connectivity index (χ1) is 7.72. The molecule has 2 rings (SSSR count). The standard InChI is InChI=1S/C12H16N4/c1-9-3-2-4-11(7-9)16-12(14)10(5-6-13)8-15-16/h2-4,7-8H,5-6,13-14H2,1H3. The molecule has 4 heteroatoms. The number of aromatic nitrogens is 2. The first-order valence-electron chi connectivity index (χ1n) is 5.32. The zero-order valence-electron chi connectivity index (χ0n) is 9.35. The van der Waals surface area contributed by atoms with Crippen LogP contribution >= 0.6 is 0 Å². The summed E-state index contributed by atoms with van der Waals surface area (Å²) in [4.78, 5) is 0. The normalized spacial score (nSPS) is 10.6. The topological polar surface area (TPSA) is 69.9 Å². The van der Waals surface area contributed by atoms with Gasteiger partial charge in [0.25, 0.3) is 0 Å². The highest BCUT2D eigenvalue weighted by Gasteiger charge is 2.07. The second-order valence-electron chi connectivity index (χ2n) is 3.84. The number of hydrogen-bond donors (Lipinski definition) is 2. The van der Waals surface area contributed by atoms with Crippen molar-refractivity contribution in [1.29, 1.82) is 0 Å². The van der Waals surface area contributed by atoms with Crippen molar-refractivity contribution in [2.75, 3.05) is 12.3 Å². The van der Waals surface area contributed by atoms with Gasteiger partial charge >= 0.3 is 0 Å². The van der Waals surface area contributed by atoms with Crippen LogP contribution in [0.2, 0.25) is 0 Å². The van der Waals surface area contributed by atoms with E-state index in [4.69, 9.17) is 11.5 Å². The molecule has 1 aromatic heterocycles. The molecule has 0 radical (unpaired) electrons. The van der Waals surface area contributed by atoms with Crippen LogP contribution in [0.25, 0.3) is 5.69 Å². The smallest absolute Gasteiger partial charge is 0.130 e. The van der Waals surface area contributed by atoms with Crippen molar-refractivity contribution in [3.63, 3.8) is 0 Å². The monoisotopic (exact) mass is 216 g/mol. The summed E-state index contributed by atoms with van der Waals surface area (Å²) in [6.45, 7) is 2.63. The largest absolute Gasteiger partial charge is 0.383 e. The van der Waals surface area contributed by atoms with Crippen molar-refractivity contribution in [1.82, 2.24) is 9.78 Å². The van der Waals surface area contributed by atoms with Crippen molar-refractivity contribution >= 4 is 5.82 Å². The van der Waals surface area contributed by atoms with Gasteiger partial charge in [-0.3, -0.25) is 0 Å². The average molecular weight is 216 g/mol. The minimum Gasteiger partial charge on any atom is -0.383 e. The molecule has 0 unspecified atom stereocenters. The van der Waals surface area contributed by atoms with Gasteiger partial charge in [-0.2, -0.15) is 5.10 Å². The van der Waals surface area contributed by atoms with E-state index in [9.17, 15) is 0 Å². The highest BCUT2D eigenvalue weighted by Crippen LogP contribution is 2.17. The first kappa shape index (κ1) is 10.7. The summed E-state index contributed by atoms with van der Waals surface area (Å²) in [6, 6.07) is 8.08. The lowest BCUT2D eigenvalue weighted by atomic mass is 10.2. The van der Waals surface area contributed by atoms with Gasteiger partial charge in [0.1, 0.15) is 5.82 Å². The first-order valence-corrected chi connectivity index (χ1v) is 5.32. The number of benzene rings is 1. The highest BCUT2D eigenvalue weighted by atomic mass is 15.3. The maximum absolute atomic E-state index is 6.02. The molecule has 1 aromatic carbocycles. The molecule has 0 aliphatic heterocycles. The van der Waals surface area contributed by atoms with E-state index >= 15 is 0 Å². The van der Waals surface area contributed by atoms with E-state index in [1.165, 1.54) is 5.56 Å². The van der Waals surface area contributed by atoms with E-state index < -0.39 is 0 Å². The van der Waals surface area contributed by atoms with Gasteiger partial charge < -0.3 is 11.5 Å².